The molecular formula is C17H13N5O. The Balaban J connectivity index is 1.63. The summed E-state index contributed by atoms with van der Waals surface area (Å²) in [4.78, 5) is 15.7. The molecule has 0 bridgehead atoms. The number of aromatic nitrogens is 4. The minimum absolute atomic E-state index is 0.162. The Morgan fingerprint density at radius 1 is 1.04 bits per heavy atom. The third-order valence-corrected chi connectivity index (χ3v) is 3.66. The van der Waals surface area contributed by atoms with Crippen molar-refractivity contribution in [3.05, 3.63) is 72.9 Å². The molecule has 23 heavy (non-hydrogen) atoms. The molecule has 0 radical (unpaired) electrons. The summed E-state index contributed by atoms with van der Waals surface area (Å²) in [6.45, 7) is 0. The first-order valence-corrected chi connectivity index (χ1v) is 7.14. The summed E-state index contributed by atoms with van der Waals surface area (Å²) in [7, 11) is 0. The van der Waals surface area contributed by atoms with Crippen molar-refractivity contribution < 1.29 is 4.79 Å². The van der Waals surface area contributed by atoms with Gasteiger partial charge in [0.05, 0.1) is 5.69 Å². The van der Waals surface area contributed by atoms with Gasteiger partial charge in [-0.1, -0.05) is 24.3 Å². The van der Waals surface area contributed by atoms with Crippen LogP contribution in [0.3, 0.4) is 0 Å². The molecule has 0 aliphatic carbocycles. The number of nitrogens with zero attached hydrogens (tertiary/aromatic N) is 3. The van der Waals surface area contributed by atoms with E-state index in [1.807, 2.05) is 36.4 Å². The van der Waals surface area contributed by atoms with E-state index in [0.717, 1.165) is 22.3 Å². The van der Waals surface area contributed by atoms with Gasteiger partial charge in [-0.15, -0.1) is 10.2 Å². The third kappa shape index (κ3) is 2.46. The number of rotatable bonds is 3. The fourth-order valence-corrected chi connectivity index (χ4v) is 2.51. The van der Waals surface area contributed by atoms with E-state index in [-0.39, 0.29) is 5.91 Å². The molecule has 0 saturated carbocycles. The first-order valence-electron chi connectivity index (χ1n) is 7.14. The molecule has 0 unspecified atom stereocenters. The van der Waals surface area contributed by atoms with Crippen molar-refractivity contribution in [2.75, 3.05) is 5.32 Å². The van der Waals surface area contributed by atoms with Gasteiger partial charge in [-0.25, -0.2) is 0 Å². The molecular weight excluding hydrogens is 290 g/mol. The maximum Gasteiger partial charge on any atom is 0.255 e. The molecule has 1 amide bonds. The second kappa shape index (κ2) is 5.42. The Labute approximate surface area is 131 Å². The predicted molar refractivity (Wildman–Crippen MR) is 87.6 cm³/mol. The fraction of sp³-hybridized carbons (Fsp3) is 0. The number of aromatic amines is 1. The molecule has 0 atom stereocenters. The number of H-pyrrole nitrogens is 1. The van der Waals surface area contributed by atoms with E-state index in [1.54, 1.807) is 35.6 Å². The van der Waals surface area contributed by atoms with Crippen molar-refractivity contribution in [3.8, 4) is 5.69 Å². The lowest BCUT2D eigenvalue weighted by Gasteiger charge is -2.06. The molecule has 2 heterocycles. The lowest BCUT2D eigenvalue weighted by atomic mass is 10.1. The molecule has 6 heteroatoms. The highest BCUT2D eigenvalue weighted by Gasteiger charge is 2.10. The fourth-order valence-electron chi connectivity index (χ4n) is 2.51. The smallest absolute Gasteiger partial charge is 0.255 e. The number of carbonyl (C=O) groups is 1. The first-order chi connectivity index (χ1) is 11.3. The summed E-state index contributed by atoms with van der Waals surface area (Å²) in [6, 6.07) is 15.1. The van der Waals surface area contributed by atoms with Gasteiger partial charge in [-0.05, 0) is 24.3 Å². The minimum Gasteiger partial charge on any atom is -0.359 e. The zero-order valence-electron chi connectivity index (χ0n) is 12.1. The highest BCUT2D eigenvalue weighted by Crippen LogP contribution is 2.23. The quantitative estimate of drug-likeness (QED) is 0.611. The average Bonchev–Trinajstić information content (AvgIpc) is 3.25. The normalized spacial score (nSPS) is 10.8. The highest BCUT2D eigenvalue weighted by molar-refractivity contribution is 6.09. The van der Waals surface area contributed by atoms with Gasteiger partial charge >= 0.3 is 0 Å². The summed E-state index contributed by atoms with van der Waals surface area (Å²) in [6.07, 6.45) is 4.99. The van der Waals surface area contributed by atoms with Crippen molar-refractivity contribution >= 4 is 22.5 Å². The molecule has 2 aromatic carbocycles. The molecule has 2 aromatic heterocycles. The number of nitrogens with one attached hydrogen (secondary N) is 2. The van der Waals surface area contributed by atoms with Crippen LogP contribution in [0.4, 0.5) is 5.69 Å². The Bertz CT molecular complexity index is 972. The van der Waals surface area contributed by atoms with Crippen molar-refractivity contribution in [1.29, 1.82) is 0 Å². The summed E-state index contributed by atoms with van der Waals surface area (Å²) in [5.41, 5.74) is 3.16. The zero-order valence-corrected chi connectivity index (χ0v) is 12.1. The van der Waals surface area contributed by atoms with E-state index in [4.69, 9.17) is 0 Å². The molecule has 4 aromatic rings. The van der Waals surface area contributed by atoms with E-state index in [9.17, 15) is 4.79 Å². The van der Waals surface area contributed by atoms with E-state index in [1.165, 1.54) is 0 Å². The van der Waals surface area contributed by atoms with Gasteiger partial charge in [-0.2, -0.15) is 0 Å². The lowest BCUT2D eigenvalue weighted by molar-refractivity contribution is 0.102. The van der Waals surface area contributed by atoms with Gasteiger partial charge in [0, 0.05) is 28.4 Å². The number of para-hydroxylation sites is 1. The summed E-state index contributed by atoms with van der Waals surface area (Å²) in [5, 5.41) is 11.5. The third-order valence-electron chi connectivity index (χ3n) is 3.66. The van der Waals surface area contributed by atoms with Crippen LogP contribution < -0.4 is 5.32 Å². The Hall–Kier alpha value is -3.41. The summed E-state index contributed by atoms with van der Waals surface area (Å²) in [5.74, 6) is -0.162. The lowest BCUT2D eigenvalue weighted by Crippen LogP contribution is -2.12. The van der Waals surface area contributed by atoms with Crippen LogP contribution >= 0.6 is 0 Å². The molecule has 0 saturated heterocycles. The number of anilines is 1. The summed E-state index contributed by atoms with van der Waals surface area (Å²) < 4.78 is 1.75. The summed E-state index contributed by atoms with van der Waals surface area (Å²) >= 11 is 0. The number of benzene rings is 2. The largest absolute Gasteiger partial charge is 0.359 e. The van der Waals surface area contributed by atoms with Gasteiger partial charge < -0.3 is 10.3 Å². The monoisotopic (exact) mass is 303 g/mol. The van der Waals surface area contributed by atoms with E-state index >= 15 is 0 Å². The van der Waals surface area contributed by atoms with E-state index in [2.05, 4.69) is 20.5 Å². The van der Waals surface area contributed by atoms with E-state index < -0.39 is 0 Å². The zero-order chi connectivity index (χ0) is 15.6. The van der Waals surface area contributed by atoms with Gasteiger partial charge in [-0.3, -0.25) is 9.36 Å². The van der Waals surface area contributed by atoms with Crippen LogP contribution in [0.25, 0.3) is 16.6 Å². The van der Waals surface area contributed by atoms with Gasteiger partial charge in [0.1, 0.15) is 12.7 Å². The maximum absolute atomic E-state index is 12.5. The van der Waals surface area contributed by atoms with E-state index in [0.29, 0.717) is 5.56 Å². The van der Waals surface area contributed by atoms with Gasteiger partial charge in [0.25, 0.3) is 5.91 Å². The van der Waals surface area contributed by atoms with Gasteiger partial charge in [0.2, 0.25) is 0 Å². The molecule has 112 valence electrons. The number of amides is 1. The molecule has 0 fully saturated rings. The van der Waals surface area contributed by atoms with Crippen LogP contribution in [0.15, 0.2) is 67.4 Å². The molecule has 0 spiro atoms. The predicted octanol–water partition coefficient (Wildman–Crippen LogP) is 3.00. The SMILES string of the molecule is O=C(Nc1c[nH]c2ccccc12)c1cccc(-n2cnnc2)c1. The average molecular weight is 303 g/mol. The molecule has 0 aliphatic rings. The second-order valence-corrected chi connectivity index (χ2v) is 5.12. The van der Waals surface area contributed by atoms with Crippen molar-refractivity contribution in [2.45, 2.75) is 0 Å². The molecule has 2 N–H and O–H groups in total. The van der Waals surface area contributed by atoms with Crippen LogP contribution in [0.5, 0.6) is 0 Å². The topological polar surface area (TPSA) is 75.6 Å². The molecule has 6 nitrogen and oxygen atoms in total. The maximum atomic E-state index is 12.5. The van der Waals surface area contributed by atoms with Crippen LogP contribution in [-0.4, -0.2) is 25.7 Å². The Kier molecular flexibility index (Phi) is 3.12. The van der Waals surface area contributed by atoms with Crippen LogP contribution in [0.1, 0.15) is 10.4 Å². The van der Waals surface area contributed by atoms with Crippen molar-refractivity contribution in [1.82, 2.24) is 19.7 Å². The molecule has 0 aliphatic heterocycles. The van der Waals surface area contributed by atoms with Crippen molar-refractivity contribution in [2.24, 2.45) is 0 Å². The highest BCUT2D eigenvalue weighted by atomic mass is 16.1. The first kappa shape index (κ1) is 13.3. The second-order valence-electron chi connectivity index (χ2n) is 5.12. The van der Waals surface area contributed by atoms with Crippen molar-refractivity contribution in [3.63, 3.8) is 0 Å². The standard InChI is InChI=1S/C17H13N5O/c23-17(21-16-9-18-15-7-2-1-6-14(15)16)12-4-3-5-13(8-12)22-10-19-20-11-22/h1-11,18H,(H,21,23). The molecule has 4 rings (SSSR count). The Morgan fingerprint density at radius 3 is 2.74 bits per heavy atom. The number of hydrogen-bond donors (Lipinski definition) is 2. The van der Waals surface area contributed by atoms with Crippen LogP contribution in [0, 0.1) is 0 Å². The number of hydrogen-bond acceptors (Lipinski definition) is 3. The van der Waals surface area contributed by atoms with Gasteiger partial charge in [0.15, 0.2) is 0 Å². The van der Waals surface area contributed by atoms with Crippen LogP contribution in [-0.2, 0) is 0 Å². The van der Waals surface area contributed by atoms with Crippen LogP contribution in [0.2, 0.25) is 0 Å². The number of fused-ring (bicyclic) bond motifs is 1. The number of carbonyl (C=O) groups excluding carboxylic acids is 1. The minimum atomic E-state index is -0.162. The Morgan fingerprint density at radius 2 is 1.87 bits per heavy atom.